The van der Waals surface area contributed by atoms with Gasteiger partial charge in [-0.2, -0.15) is 0 Å². The van der Waals surface area contributed by atoms with Crippen molar-refractivity contribution in [2.75, 3.05) is 38.2 Å². The van der Waals surface area contributed by atoms with Gasteiger partial charge in [-0.1, -0.05) is 36.4 Å². The third-order valence-electron chi connectivity index (χ3n) is 5.30. The van der Waals surface area contributed by atoms with Gasteiger partial charge >= 0.3 is 0 Å². The number of nitrogens with one attached hydrogen (secondary N) is 2. The summed E-state index contributed by atoms with van der Waals surface area (Å²) >= 11 is 0. The number of aliphatic imine (C=N–C) groups is 1. The number of ether oxygens (including phenoxy) is 1. The molecule has 2 aromatic rings. The number of benzene rings is 2. The van der Waals surface area contributed by atoms with Crippen LogP contribution < -0.4 is 20.3 Å². The fourth-order valence-electron chi connectivity index (χ4n) is 3.80. The van der Waals surface area contributed by atoms with Gasteiger partial charge in [0.25, 0.3) is 0 Å². The van der Waals surface area contributed by atoms with Crippen molar-refractivity contribution in [3.63, 3.8) is 0 Å². The fourth-order valence-corrected chi connectivity index (χ4v) is 3.80. The molecule has 0 radical (unpaired) electrons. The first-order chi connectivity index (χ1) is 14.7. The molecule has 2 unspecified atom stereocenters. The minimum absolute atomic E-state index is 0. The van der Waals surface area contributed by atoms with Gasteiger partial charge in [-0.05, 0) is 37.5 Å². The van der Waals surface area contributed by atoms with Crippen molar-refractivity contribution in [1.82, 2.24) is 10.6 Å². The number of hydrogen-bond donors (Lipinski definition) is 3. The van der Waals surface area contributed by atoms with Gasteiger partial charge in [0.15, 0.2) is 5.96 Å². The van der Waals surface area contributed by atoms with E-state index in [2.05, 4.69) is 39.6 Å². The number of halogens is 1. The summed E-state index contributed by atoms with van der Waals surface area (Å²) in [4.78, 5) is 7.02. The maximum Gasteiger partial charge on any atom is 0.191 e. The van der Waals surface area contributed by atoms with Crippen molar-refractivity contribution in [2.45, 2.75) is 38.3 Å². The largest absolute Gasteiger partial charge is 0.497 e. The number of piperidine rings is 1. The molecule has 0 aromatic heterocycles. The second-order valence-corrected chi connectivity index (χ2v) is 7.69. The van der Waals surface area contributed by atoms with Crippen LogP contribution in [-0.4, -0.2) is 56.5 Å². The Morgan fingerprint density at radius 1 is 1.23 bits per heavy atom. The summed E-state index contributed by atoms with van der Waals surface area (Å²) in [6.45, 7) is 5.16. The smallest absolute Gasteiger partial charge is 0.191 e. The molecule has 1 saturated heterocycles. The summed E-state index contributed by atoms with van der Waals surface area (Å²) in [5.41, 5.74) is 2.31. The number of guanidine groups is 1. The van der Waals surface area contributed by atoms with E-state index in [1.807, 2.05) is 42.5 Å². The summed E-state index contributed by atoms with van der Waals surface area (Å²) in [7, 11) is 1.70. The second kappa shape index (κ2) is 13.4. The van der Waals surface area contributed by atoms with Gasteiger partial charge in [-0.3, -0.25) is 4.99 Å². The predicted molar refractivity (Wildman–Crippen MR) is 139 cm³/mol. The Morgan fingerprint density at radius 3 is 2.77 bits per heavy atom. The highest BCUT2D eigenvalue weighted by atomic mass is 127. The van der Waals surface area contributed by atoms with Gasteiger partial charge in [0.1, 0.15) is 5.75 Å². The van der Waals surface area contributed by atoms with Crippen LogP contribution in [0, 0.1) is 0 Å². The van der Waals surface area contributed by atoms with Crippen LogP contribution in [0.3, 0.4) is 0 Å². The number of aliphatic hydroxyl groups excluding tert-OH is 1. The normalized spacial score (nSPS) is 17.5. The monoisotopic (exact) mass is 538 g/mol. The molecule has 6 nitrogen and oxygen atoms in total. The lowest BCUT2D eigenvalue weighted by Gasteiger charge is -2.35. The zero-order chi connectivity index (χ0) is 21.2. The van der Waals surface area contributed by atoms with E-state index in [-0.39, 0.29) is 24.0 Å². The van der Waals surface area contributed by atoms with Crippen molar-refractivity contribution in [1.29, 1.82) is 0 Å². The minimum Gasteiger partial charge on any atom is -0.497 e. The molecule has 1 fully saturated rings. The average molecular weight is 538 g/mol. The molecule has 7 heteroatoms. The summed E-state index contributed by atoms with van der Waals surface area (Å²) in [6, 6.07) is 18.6. The van der Waals surface area contributed by atoms with Crippen LogP contribution in [0.15, 0.2) is 59.6 Å². The molecular formula is C24H35IN4O2. The summed E-state index contributed by atoms with van der Waals surface area (Å²) in [5.74, 6) is 1.65. The molecule has 1 aliphatic heterocycles. The third kappa shape index (κ3) is 8.22. The van der Waals surface area contributed by atoms with Crippen LogP contribution in [0.1, 0.15) is 25.3 Å². The number of hydrogen-bond acceptors (Lipinski definition) is 4. The summed E-state index contributed by atoms with van der Waals surface area (Å²) in [5, 5.41) is 17.3. The fraction of sp³-hybridized carbons (Fsp3) is 0.458. The number of aliphatic hydroxyl groups is 1. The highest BCUT2D eigenvalue weighted by molar-refractivity contribution is 14.0. The Kier molecular flexibility index (Phi) is 10.9. The van der Waals surface area contributed by atoms with Gasteiger partial charge in [0, 0.05) is 43.9 Å². The van der Waals surface area contributed by atoms with Crippen molar-refractivity contribution in [3.05, 3.63) is 60.2 Å². The maximum atomic E-state index is 10.4. The lowest BCUT2D eigenvalue weighted by molar-refractivity contribution is 0.183. The maximum absolute atomic E-state index is 10.4. The predicted octanol–water partition coefficient (Wildman–Crippen LogP) is 3.44. The Labute approximate surface area is 203 Å². The molecule has 3 N–H and O–H groups in total. The molecule has 170 valence electrons. The first-order valence-corrected chi connectivity index (χ1v) is 10.8. The van der Waals surface area contributed by atoms with Gasteiger partial charge in [0.2, 0.25) is 0 Å². The van der Waals surface area contributed by atoms with Crippen LogP contribution in [0.2, 0.25) is 0 Å². The van der Waals surface area contributed by atoms with Crippen molar-refractivity contribution < 1.29 is 9.84 Å². The lowest BCUT2D eigenvalue weighted by atomic mass is 10.0. The summed E-state index contributed by atoms with van der Waals surface area (Å²) in [6.07, 6.45) is 2.32. The zero-order valence-electron chi connectivity index (χ0n) is 18.5. The molecule has 1 aliphatic rings. The van der Waals surface area contributed by atoms with E-state index in [1.165, 1.54) is 5.69 Å². The second-order valence-electron chi connectivity index (χ2n) is 7.69. The molecule has 2 aromatic carbocycles. The van der Waals surface area contributed by atoms with E-state index in [1.54, 1.807) is 7.11 Å². The van der Waals surface area contributed by atoms with Crippen molar-refractivity contribution in [3.8, 4) is 5.75 Å². The van der Waals surface area contributed by atoms with E-state index >= 15 is 0 Å². The first kappa shape index (κ1) is 25.3. The Morgan fingerprint density at radius 2 is 2.03 bits per heavy atom. The highest BCUT2D eigenvalue weighted by Crippen LogP contribution is 2.24. The van der Waals surface area contributed by atoms with Gasteiger partial charge in [0.05, 0.1) is 19.8 Å². The topological polar surface area (TPSA) is 69.1 Å². The van der Waals surface area contributed by atoms with Crippen LogP contribution in [0.25, 0.3) is 0 Å². The molecule has 0 amide bonds. The number of rotatable bonds is 8. The molecular weight excluding hydrogens is 503 g/mol. The molecule has 3 rings (SSSR count). The molecule has 0 spiro atoms. The van der Waals surface area contributed by atoms with E-state index in [0.717, 1.165) is 49.7 Å². The lowest BCUT2D eigenvalue weighted by Crippen LogP contribution is -2.51. The van der Waals surface area contributed by atoms with E-state index < -0.39 is 6.10 Å². The molecule has 1 heterocycles. The summed E-state index contributed by atoms with van der Waals surface area (Å²) < 4.78 is 5.37. The number of anilines is 1. The molecule has 0 aliphatic carbocycles. The highest BCUT2D eigenvalue weighted by Gasteiger charge is 2.21. The van der Waals surface area contributed by atoms with Crippen LogP contribution >= 0.6 is 24.0 Å². The van der Waals surface area contributed by atoms with E-state index in [9.17, 15) is 5.11 Å². The Balaban J connectivity index is 0.00000341. The molecule has 0 bridgehead atoms. The molecule has 2 atom stereocenters. The van der Waals surface area contributed by atoms with Gasteiger partial charge < -0.3 is 25.4 Å². The van der Waals surface area contributed by atoms with Crippen LogP contribution in [-0.2, 0) is 6.42 Å². The zero-order valence-corrected chi connectivity index (χ0v) is 20.8. The quantitative estimate of drug-likeness (QED) is 0.273. The van der Waals surface area contributed by atoms with E-state index in [4.69, 9.17) is 4.74 Å². The van der Waals surface area contributed by atoms with E-state index in [0.29, 0.717) is 19.0 Å². The van der Waals surface area contributed by atoms with Crippen LogP contribution in [0.5, 0.6) is 5.75 Å². The molecule has 0 saturated carbocycles. The van der Waals surface area contributed by atoms with Gasteiger partial charge in [-0.15, -0.1) is 24.0 Å². The molecule has 31 heavy (non-hydrogen) atoms. The minimum atomic E-state index is -0.498. The number of nitrogens with zero attached hydrogens (tertiary/aromatic N) is 2. The van der Waals surface area contributed by atoms with Crippen molar-refractivity contribution in [2.24, 2.45) is 4.99 Å². The standard InChI is InChI=1S/C24H34N4O2.HI/c1-3-25-24(26-17-22(29)15-19-9-5-4-6-10-19)27-20-11-8-14-28(18-20)21-12-7-13-23(16-21)30-2;/h4-7,9-10,12-13,16,20,22,29H,3,8,11,14-15,17-18H2,1-2H3,(H2,25,26,27);1H. The van der Waals surface area contributed by atoms with Gasteiger partial charge in [-0.25, -0.2) is 0 Å². The third-order valence-corrected chi connectivity index (χ3v) is 5.30. The average Bonchev–Trinajstić information content (AvgIpc) is 2.78. The Bertz CT molecular complexity index is 803. The Hall–Kier alpha value is -2.00. The SMILES string of the molecule is CCNC(=NCC(O)Cc1ccccc1)NC1CCCN(c2cccc(OC)c2)C1.I. The number of methoxy groups -OCH3 is 1. The van der Waals surface area contributed by atoms with Crippen molar-refractivity contribution >= 4 is 35.6 Å². The van der Waals surface area contributed by atoms with Crippen LogP contribution in [0.4, 0.5) is 5.69 Å². The first-order valence-electron chi connectivity index (χ1n) is 10.8.